The maximum absolute atomic E-state index is 12.8. The summed E-state index contributed by atoms with van der Waals surface area (Å²) in [7, 11) is 0. The van der Waals surface area contributed by atoms with Crippen molar-refractivity contribution in [1.82, 2.24) is 0 Å². The first-order valence-corrected chi connectivity index (χ1v) is 4.24. The molecule has 0 aromatic heterocycles. The molecule has 0 atom stereocenters. The number of hydrogen-bond donors (Lipinski definition) is 0. The molecule has 0 fully saturated rings. The van der Waals surface area contributed by atoms with Crippen LogP contribution in [0.15, 0.2) is 30.1 Å². The van der Waals surface area contributed by atoms with Gasteiger partial charge < -0.3 is 0 Å². The van der Waals surface area contributed by atoms with E-state index >= 15 is 0 Å². The van der Waals surface area contributed by atoms with Gasteiger partial charge in [-0.2, -0.15) is 0 Å². The van der Waals surface area contributed by atoms with Crippen LogP contribution in [0.5, 0.6) is 0 Å². The van der Waals surface area contributed by atoms with Gasteiger partial charge >= 0.3 is 0 Å². The first kappa shape index (κ1) is 10.4. The Kier molecular flexibility index (Phi) is 3.34. The molecule has 0 radical (unpaired) electrons. The lowest BCUT2D eigenvalue weighted by atomic mass is 10.2. The van der Waals surface area contributed by atoms with Crippen LogP contribution in [0.1, 0.15) is 18.9 Å². The van der Waals surface area contributed by atoms with Gasteiger partial charge in [-0.15, -0.1) is 0 Å². The van der Waals surface area contributed by atoms with Gasteiger partial charge in [0.15, 0.2) is 0 Å². The minimum atomic E-state index is -0.482. The van der Waals surface area contributed by atoms with Crippen molar-refractivity contribution in [1.29, 1.82) is 0 Å². The Balaban J connectivity index is 2.89. The maximum atomic E-state index is 12.8. The molecule has 0 amide bonds. The van der Waals surface area contributed by atoms with E-state index in [4.69, 9.17) is 0 Å². The molecule has 0 aliphatic rings. The zero-order valence-electron chi connectivity index (χ0n) is 7.74. The van der Waals surface area contributed by atoms with Crippen LogP contribution < -0.4 is 0 Å². The first-order chi connectivity index (χ1) is 6.63. The Morgan fingerprint density at radius 2 is 2.07 bits per heavy atom. The van der Waals surface area contributed by atoms with E-state index in [0.717, 1.165) is 0 Å². The molecule has 0 aliphatic carbocycles. The molecule has 14 heavy (non-hydrogen) atoms. The van der Waals surface area contributed by atoms with Crippen molar-refractivity contribution >= 4 is 11.8 Å². The second-order valence-electron chi connectivity index (χ2n) is 2.79. The fraction of sp³-hybridized carbons (Fsp3) is 0.200. The SMILES string of the molecule is CC/C(F)=C\c1ccc([N+](=O)[O-])cc1. The summed E-state index contributed by atoms with van der Waals surface area (Å²) in [4.78, 5) is 9.82. The molecule has 0 aliphatic heterocycles. The number of nitrogens with zero attached hydrogens (tertiary/aromatic N) is 1. The van der Waals surface area contributed by atoms with Crippen LogP contribution in [0.2, 0.25) is 0 Å². The van der Waals surface area contributed by atoms with E-state index in [1.54, 1.807) is 6.92 Å². The van der Waals surface area contributed by atoms with E-state index in [1.165, 1.54) is 30.3 Å². The van der Waals surface area contributed by atoms with E-state index in [-0.39, 0.29) is 11.5 Å². The van der Waals surface area contributed by atoms with Crippen molar-refractivity contribution < 1.29 is 9.31 Å². The molecule has 74 valence electrons. The summed E-state index contributed by atoms with van der Waals surface area (Å²) < 4.78 is 12.8. The maximum Gasteiger partial charge on any atom is 0.269 e. The Hall–Kier alpha value is -1.71. The number of halogens is 1. The summed E-state index contributed by atoms with van der Waals surface area (Å²) in [5.41, 5.74) is 0.647. The normalized spacial score (nSPS) is 11.4. The van der Waals surface area contributed by atoms with E-state index in [1.807, 2.05) is 0 Å². The third-order valence-corrected chi connectivity index (χ3v) is 1.76. The largest absolute Gasteiger partial charge is 0.269 e. The molecule has 3 nitrogen and oxygen atoms in total. The van der Waals surface area contributed by atoms with Crippen LogP contribution in [0.25, 0.3) is 6.08 Å². The number of hydrogen-bond acceptors (Lipinski definition) is 2. The van der Waals surface area contributed by atoms with Crippen molar-refractivity contribution in [3.63, 3.8) is 0 Å². The van der Waals surface area contributed by atoms with E-state index in [9.17, 15) is 14.5 Å². The number of benzene rings is 1. The summed E-state index contributed by atoms with van der Waals surface area (Å²) >= 11 is 0. The van der Waals surface area contributed by atoms with Crippen LogP contribution >= 0.6 is 0 Å². The Bertz CT molecular complexity index is 357. The minimum Gasteiger partial charge on any atom is -0.258 e. The van der Waals surface area contributed by atoms with Crippen LogP contribution in [0, 0.1) is 10.1 Å². The van der Waals surface area contributed by atoms with Gasteiger partial charge in [-0.1, -0.05) is 6.92 Å². The molecule has 0 spiro atoms. The van der Waals surface area contributed by atoms with Gasteiger partial charge in [-0.25, -0.2) is 4.39 Å². The molecule has 4 heteroatoms. The van der Waals surface area contributed by atoms with E-state index < -0.39 is 4.92 Å². The molecule has 0 heterocycles. The second kappa shape index (κ2) is 4.50. The molecule has 0 bridgehead atoms. The fourth-order valence-corrected chi connectivity index (χ4v) is 0.975. The molecular formula is C10H10FNO2. The Morgan fingerprint density at radius 1 is 1.50 bits per heavy atom. The zero-order chi connectivity index (χ0) is 10.6. The van der Waals surface area contributed by atoms with Crippen LogP contribution in [-0.2, 0) is 0 Å². The van der Waals surface area contributed by atoms with Gasteiger partial charge in [0.2, 0.25) is 0 Å². The van der Waals surface area contributed by atoms with Crippen molar-refractivity contribution in [3.05, 3.63) is 45.8 Å². The minimum absolute atomic E-state index is 0.0130. The highest BCUT2D eigenvalue weighted by Gasteiger charge is 2.02. The first-order valence-electron chi connectivity index (χ1n) is 4.24. The standard InChI is InChI=1S/C10H10FNO2/c1-2-9(11)7-8-3-5-10(6-4-8)12(13)14/h3-7H,2H2,1H3/b9-7+. The summed E-state index contributed by atoms with van der Waals surface area (Å²) in [5.74, 6) is -0.237. The predicted molar refractivity (Wildman–Crippen MR) is 52.5 cm³/mol. The van der Waals surface area contributed by atoms with Crippen LogP contribution in [0.3, 0.4) is 0 Å². The lowest BCUT2D eigenvalue weighted by molar-refractivity contribution is -0.384. The highest BCUT2D eigenvalue weighted by Crippen LogP contribution is 2.15. The molecule has 0 saturated heterocycles. The average molecular weight is 195 g/mol. The van der Waals surface area contributed by atoms with Crippen LogP contribution in [-0.4, -0.2) is 4.92 Å². The predicted octanol–water partition coefficient (Wildman–Crippen LogP) is 3.32. The van der Waals surface area contributed by atoms with Gasteiger partial charge in [0, 0.05) is 12.1 Å². The molecule has 1 rings (SSSR count). The molecular weight excluding hydrogens is 185 g/mol. The Morgan fingerprint density at radius 3 is 2.50 bits per heavy atom. The number of rotatable bonds is 3. The highest BCUT2D eigenvalue weighted by atomic mass is 19.1. The second-order valence-corrected chi connectivity index (χ2v) is 2.79. The zero-order valence-corrected chi connectivity index (χ0v) is 7.74. The smallest absolute Gasteiger partial charge is 0.258 e. The number of non-ortho nitro benzene ring substituents is 1. The summed E-state index contributed by atoms with van der Waals surface area (Å²) in [6.07, 6.45) is 1.70. The third kappa shape index (κ3) is 2.65. The van der Waals surface area contributed by atoms with Gasteiger partial charge in [-0.3, -0.25) is 10.1 Å². The van der Waals surface area contributed by atoms with Crippen molar-refractivity contribution in [2.24, 2.45) is 0 Å². The van der Waals surface area contributed by atoms with Crippen LogP contribution in [0.4, 0.5) is 10.1 Å². The molecule has 0 saturated carbocycles. The number of allylic oxidation sites excluding steroid dienone is 1. The quantitative estimate of drug-likeness (QED) is 0.548. The molecule has 1 aromatic carbocycles. The third-order valence-electron chi connectivity index (χ3n) is 1.76. The van der Waals surface area contributed by atoms with Crippen molar-refractivity contribution in [2.45, 2.75) is 13.3 Å². The molecule has 0 unspecified atom stereocenters. The Labute approximate surface area is 81.0 Å². The lowest BCUT2D eigenvalue weighted by Crippen LogP contribution is -1.86. The van der Waals surface area contributed by atoms with E-state index in [0.29, 0.717) is 12.0 Å². The van der Waals surface area contributed by atoms with Crippen molar-refractivity contribution in [2.75, 3.05) is 0 Å². The number of nitro groups is 1. The molecule has 0 N–H and O–H groups in total. The monoisotopic (exact) mass is 195 g/mol. The number of nitro benzene ring substituents is 1. The van der Waals surface area contributed by atoms with Gasteiger partial charge in [0.1, 0.15) is 5.83 Å². The summed E-state index contributed by atoms with van der Waals surface area (Å²) in [6, 6.07) is 5.75. The highest BCUT2D eigenvalue weighted by molar-refractivity contribution is 5.53. The lowest BCUT2D eigenvalue weighted by Gasteiger charge is -1.94. The summed E-state index contributed by atoms with van der Waals surface area (Å²) in [6.45, 7) is 1.71. The fourth-order valence-electron chi connectivity index (χ4n) is 0.975. The average Bonchev–Trinajstić information content (AvgIpc) is 2.18. The van der Waals surface area contributed by atoms with Crippen molar-refractivity contribution in [3.8, 4) is 0 Å². The topological polar surface area (TPSA) is 43.1 Å². The summed E-state index contributed by atoms with van der Waals surface area (Å²) in [5, 5.41) is 10.3. The molecule has 1 aromatic rings. The van der Waals surface area contributed by atoms with Gasteiger partial charge in [0.05, 0.1) is 4.92 Å². The van der Waals surface area contributed by atoms with Gasteiger partial charge in [-0.05, 0) is 30.2 Å². The van der Waals surface area contributed by atoms with Gasteiger partial charge in [0.25, 0.3) is 5.69 Å². The van der Waals surface area contributed by atoms with E-state index in [2.05, 4.69) is 0 Å².